The normalized spacial score (nSPS) is 26.6. The lowest BCUT2D eigenvalue weighted by Crippen LogP contribution is -2.46. The highest BCUT2D eigenvalue weighted by Gasteiger charge is 2.42. The highest BCUT2D eigenvalue weighted by molar-refractivity contribution is 6.13. The summed E-state index contributed by atoms with van der Waals surface area (Å²) in [4.78, 5) is 37.7. The van der Waals surface area contributed by atoms with Gasteiger partial charge in [-0.15, -0.1) is 0 Å². The number of anilines is 4. The Morgan fingerprint density at radius 2 is 1.80 bits per heavy atom. The molecule has 0 spiro atoms. The van der Waals surface area contributed by atoms with Crippen molar-refractivity contribution in [2.45, 2.75) is 58.4 Å². The summed E-state index contributed by atoms with van der Waals surface area (Å²) in [5.74, 6) is 0.480. The Balaban J connectivity index is 1.69. The fourth-order valence-corrected chi connectivity index (χ4v) is 6.19. The van der Waals surface area contributed by atoms with Crippen LogP contribution in [0.25, 0.3) is 10.8 Å². The van der Waals surface area contributed by atoms with Gasteiger partial charge in [-0.25, -0.2) is 9.97 Å². The van der Waals surface area contributed by atoms with E-state index >= 15 is 0 Å². The number of carboxylic acids is 1. The van der Waals surface area contributed by atoms with Gasteiger partial charge in [0.1, 0.15) is 34.9 Å². The fraction of sp³-hybridized carbons (Fsp3) is 0.560. The molecule has 1 amide bonds. The number of nitrogen functional groups attached to an aromatic ring is 2. The summed E-state index contributed by atoms with van der Waals surface area (Å²) in [7, 11) is 0. The minimum Gasteiger partial charge on any atom is -0.481 e. The molecule has 0 aromatic carbocycles. The number of hydrogen-bond donors (Lipinski definition) is 3. The Bertz CT molecular complexity index is 1270. The average molecular weight is 478 g/mol. The third kappa shape index (κ3) is 3.61. The Hall–Kier alpha value is -3.61. The second-order valence-corrected chi connectivity index (χ2v) is 10.3. The Labute approximate surface area is 203 Å². The van der Waals surface area contributed by atoms with E-state index in [1.54, 1.807) is 4.90 Å². The van der Waals surface area contributed by atoms with Crippen LogP contribution in [0, 0.1) is 29.1 Å². The summed E-state index contributed by atoms with van der Waals surface area (Å²) < 4.78 is 0. The summed E-state index contributed by atoms with van der Waals surface area (Å²) in [6.45, 7) is 5.21. The molecule has 5 rings (SSSR count). The Morgan fingerprint density at radius 3 is 2.49 bits per heavy atom. The first-order valence-electron chi connectivity index (χ1n) is 12.3. The van der Waals surface area contributed by atoms with Gasteiger partial charge in [-0.1, -0.05) is 26.7 Å². The molecule has 2 aromatic heterocycles. The van der Waals surface area contributed by atoms with Crippen LogP contribution in [-0.2, 0) is 16.0 Å². The molecular formula is C25H31N7O3. The number of aliphatic carboxylic acids is 1. The van der Waals surface area contributed by atoms with E-state index in [-0.39, 0.29) is 42.1 Å². The van der Waals surface area contributed by atoms with Gasteiger partial charge in [0.05, 0.1) is 17.7 Å². The summed E-state index contributed by atoms with van der Waals surface area (Å²) >= 11 is 0. The summed E-state index contributed by atoms with van der Waals surface area (Å²) in [5.41, 5.74) is 13.6. The predicted molar refractivity (Wildman–Crippen MR) is 133 cm³/mol. The van der Waals surface area contributed by atoms with E-state index in [1.165, 1.54) is 0 Å². The van der Waals surface area contributed by atoms with Gasteiger partial charge in [0.2, 0.25) is 5.91 Å². The molecule has 0 radical (unpaired) electrons. The number of aromatic nitrogens is 2. The van der Waals surface area contributed by atoms with Crippen molar-refractivity contribution < 1.29 is 14.7 Å². The van der Waals surface area contributed by atoms with Crippen molar-refractivity contribution in [3.8, 4) is 6.07 Å². The van der Waals surface area contributed by atoms with Crippen LogP contribution in [0.4, 0.5) is 23.3 Å². The number of hydrogen-bond acceptors (Lipinski definition) is 8. The number of rotatable bonds is 3. The molecule has 2 fully saturated rings. The van der Waals surface area contributed by atoms with Crippen molar-refractivity contribution in [1.82, 2.24) is 9.97 Å². The van der Waals surface area contributed by atoms with Gasteiger partial charge >= 0.3 is 5.97 Å². The molecule has 4 heterocycles. The largest absolute Gasteiger partial charge is 0.481 e. The molecule has 3 aliphatic rings. The lowest BCUT2D eigenvalue weighted by atomic mass is 9.77. The van der Waals surface area contributed by atoms with E-state index in [0.717, 1.165) is 19.3 Å². The van der Waals surface area contributed by atoms with Crippen molar-refractivity contribution >= 4 is 45.9 Å². The molecule has 4 atom stereocenters. The van der Waals surface area contributed by atoms with E-state index < -0.39 is 11.9 Å². The van der Waals surface area contributed by atoms with Gasteiger partial charge in [-0.2, -0.15) is 5.26 Å². The van der Waals surface area contributed by atoms with Crippen LogP contribution in [-0.4, -0.2) is 46.1 Å². The van der Waals surface area contributed by atoms with Crippen LogP contribution in [0.3, 0.4) is 0 Å². The zero-order valence-electron chi connectivity index (χ0n) is 20.1. The fourth-order valence-electron chi connectivity index (χ4n) is 6.19. The number of pyridine rings is 2. The van der Waals surface area contributed by atoms with Crippen molar-refractivity contribution in [3.05, 3.63) is 11.1 Å². The second kappa shape index (κ2) is 8.56. The number of nitrogens with zero attached hydrogens (tertiary/aromatic N) is 5. The van der Waals surface area contributed by atoms with E-state index in [2.05, 4.69) is 29.9 Å². The molecule has 2 aliphatic heterocycles. The molecule has 2 aromatic rings. The number of piperidine rings is 1. The number of carbonyl (C=O) groups excluding carboxylic acids is 1. The maximum atomic E-state index is 13.4. The SMILES string of the molecule is CC1CCCC(N2C(=O)Cc3c2nc(N)c2c(N)nc(N4CCCC(C(=O)O)C4)c(C#N)c32)C1C. The molecule has 0 bridgehead atoms. The summed E-state index contributed by atoms with van der Waals surface area (Å²) in [5, 5.41) is 20.7. The first kappa shape index (κ1) is 23.1. The molecule has 10 nitrogen and oxygen atoms in total. The number of nitrogens with two attached hydrogens (primary N) is 2. The van der Waals surface area contributed by atoms with Gasteiger partial charge in [-0.3, -0.25) is 14.5 Å². The van der Waals surface area contributed by atoms with Gasteiger partial charge in [0, 0.05) is 30.1 Å². The number of fused-ring (bicyclic) bond motifs is 3. The molecule has 1 saturated heterocycles. The molecule has 5 N–H and O–H groups in total. The molecular weight excluding hydrogens is 446 g/mol. The standard InChI is InChI=1S/C25H31N7O3/c1-12-5-3-7-17(13(12)2)32-18(33)9-15-19-16(10-26)23(31-8-4-6-14(11-31)25(34)35)29-21(27)20(19)22(28)30-24(15)32/h12-14,17H,3-9,11H2,1-2H3,(H2,27,29)(H2,28,30)(H,34,35). The lowest BCUT2D eigenvalue weighted by Gasteiger charge is -2.39. The van der Waals surface area contributed by atoms with E-state index in [1.807, 2.05) is 4.90 Å². The first-order valence-corrected chi connectivity index (χ1v) is 12.3. The van der Waals surface area contributed by atoms with Crippen molar-refractivity contribution in [3.63, 3.8) is 0 Å². The van der Waals surface area contributed by atoms with E-state index in [4.69, 9.17) is 11.5 Å². The van der Waals surface area contributed by atoms with Crippen LogP contribution in [0.1, 0.15) is 57.1 Å². The van der Waals surface area contributed by atoms with Crippen LogP contribution in [0.15, 0.2) is 0 Å². The third-order valence-electron chi connectivity index (χ3n) is 8.26. The molecule has 1 saturated carbocycles. The van der Waals surface area contributed by atoms with Crippen LogP contribution < -0.4 is 21.3 Å². The summed E-state index contributed by atoms with van der Waals surface area (Å²) in [6, 6.07) is 2.30. The average Bonchev–Trinajstić information content (AvgIpc) is 3.16. The van der Waals surface area contributed by atoms with Crippen LogP contribution >= 0.6 is 0 Å². The van der Waals surface area contributed by atoms with Crippen LogP contribution in [0.2, 0.25) is 0 Å². The first-order chi connectivity index (χ1) is 16.7. The minimum atomic E-state index is -0.867. The van der Waals surface area contributed by atoms with Gasteiger partial charge in [0.25, 0.3) is 0 Å². The minimum absolute atomic E-state index is 0.0273. The zero-order chi connectivity index (χ0) is 25.0. The van der Waals surface area contributed by atoms with E-state index in [9.17, 15) is 20.0 Å². The number of nitriles is 1. The molecule has 4 unspecified atom stereocenters. The second-order valence-electron chi connectivity index (χ2n) is 10.3. The highest BCUT2D eigenvalue weighted by Crippen LogP contribution is 2.45. The molecule has 35 heavy (non-hydrogen) atoms. The Morgan fingerprint density at radius 1 is 1.09 bits per heavy atom. The smallest absolute Gasteiger partial charge is 0.308 e. The van der Waals surface area contributed by atoms with Gasteiger partial charge < -0.3 is 21.5 Å². The van der Waals surface area contributed by atoms with Crippen molar-refractivity contribution in [2.75, 3.05) is 34.4 Å². The number of carbonyl (C=O) groups is 2. The maximum Gasteiger partial charge on any atom is 0.308 e. The Kier molecular flexibility index (Phi) is 5.66. The van der Waals surface area contributed by atoms with Crippen molar-refractivity contribution in [1.29, 1.82) is 5.26 Å². The highest BCUT2D eigenvalue weighted by atomic mass is 16.4. The quantitative estimate of drug-likeness (QED) is 0.603. The molecule has 10 heteroatoms. The molecule has 1 aliphatic carbocycles. The number of amides is 1. The zero-order valence-corrected chi connectivity index (χ0v) is 20.1. The van der Waals surface area contributed by atoms with Crippen LogP contribution in [0.5, 0.6) is 0 Å². The third-order valence-corrected chi connectivity index (χ3v) is 8.26. The van der Waals surface area contributed by atoms with E-state index in [0.29, 0.717) is 59.2 Å². The lowest BCUT2D eigenvalue weighted by molar-refractivity contribution is -0.142. The summed E-state index contributed by atoms with van der Waals surface area (Å²) in [6.07, 6.45) is 4.44. The monoisotopic (exact) mass is 477 g/mol. The number of carboxylic acid groups (broad SMARTS) is 1. The van der Waals surface area contributed by atoms with Crippen molar-refractivity contribution in [2.24, 2.45) is 17.8 Å². The van der Waals surface area contributed by atoms with Gasteiger partial charge in [0.15, 0.2) is 0 Å². The predicted octanol–water partition coefficient (Wildman–Crippen LogP) is 2.68. The topological polar surface area (TPSA) is 162 Å². The molecule has 184 valence electrons. The maximum absolute atomic E-state index is 13.4. The van der Waals surface area contributed by atoms with Gasteiger partial charge in [-0.05, 0) is 31.1 Å².